The lowest BCUT2D eigenvalue weighted by Crippen LogP contribution is -2.16. The van der Waals surface area contributed by atoms with E-state index in [-0.39, 0.29) is 5.75 Å². The van der Waals surface area contributed by atoms with Crippen LogP contribution in [0.5, 0.6) is 0 Å². The average Bonchev–Trinajstić information content (AvgIpc) is 2.38. The first-order chi connectivity index (χ1) is 9.47. The van der Waals surface area contributed by atoms with Crippen LogP contribution >= 0.6 is 0 Å². The molecule has 0 aliphatic heterocycles. The van der Waals surface area contributed by atoms with Crippen LogP contribution in [0.4, 0.5) is 5.82 Å². The van der Waals surface area contributed by atoms with E-state index in [0.717, 1.165) is 5.69 Å². The van der Waals surface area contributed by atoms with Gasteiger partial charge in [-0.25, -0.2) is 18.4 Å². The third kappa shape index (κ3) is 3.77. The van der Waals surface area contributed by atoms with Crippen molar-refractivity contribution in [3.63, 3.8) is 0 Å². The van der Waals surface area contributed by atoms with Gasteiger partial charge in [0.15, 0.2) is 9.84 Å². The summed E-state index contributed by atoms with van der Waals surface area (Å²) in [6.45, 7) is 3.99. The largest absolute Gasteiger partial charge is 0.369 e. The molecule has 0 spiro atoms. The van der Waals surface area contributed by atoms with Gasteiger partial charge in [0.25, 0.3) is 0 Å². The summed E-state index contributed by atoms with van der Waals surface area (Å²) in [5.74, 6) is 1.34. The Morgan fingerprint density at radius 1 is 1.10 bits per heavy atom. The molecule has 0 unspecified atom stereocenters. The van der Waals surface area contributed by atoms with Crippen molar-refractivity contribution in [1.82, 2.24) is 9.97 Å². The van der Waals surface area contributed by atoms with E-state index in [1.165, 1.54) is 0 Å². The highest BCUT2D eigenvalue weighted by Crippen LogP contribution is 2.10. The lowest BCUT2D eigenvalue weighted by molar-refractivity contribution is 0.596. The average molecular weight is 291 g/mol. The van der Waals surface area contributed by atoms with Crippen molar-refractivity contribution >= 4 is 15.7 Å². The second-order valence-electron chi connectivity index (χ2n) is 4.50. The number of hydrogen-bond donors (Lipinski definition) is 1. The topological polar surface area (TPSA) is 72.0 Å². The maximum absolute atomic E-state index is 12.1. The first kappa shape index (κ1) is 14.5. The molecule has 0 aliphatic rings. The molecule has 0 radical (unpaired) electrons. The van der Waals surface area contributed by atoms with E-state index in [1.807, 2.05) is 6.92 Å². The van der Waals surface area contributed by atoms with Gasteiger partial charge in [0.1, 0.15) is 11.6 Å². The predicted octanol–water partition coefficient (Wildman–Crippen LogP) is 1.98. The minimum absolute atomic E-state index is 0.0269. The SMILES string of the molecule is Cc1cc(NCCS(=O)(=O)c2ccccc2)nc(C)n1. The van der Waals surface area contributed by atoms with Crippen molar-refractivity contribution in [2.45, 2.75) is 18.7 Å². The minimum atomic E-state index is -3.26. The quantitative estimate of drug-likeness (QED) is 0.912. The highest BCUT2D eigenvalue weighted by molar-refractivity contribution is 7.91. The third-order valence-corrected chi connectivity index (χ3v) is 4.48. The summed E-state index contributed by atoms with van der Waals surface area (Å²) in [6.07, 6.45) is 0. The zero-order chi connectivity index (χ0) is 14.6. The molecule has 0 bridgehead atoms. The number of rotatable bonds is 5. The second-order valence-corrected chi connectivity index (χ2v) is 6.61. The van der Waals surface area contributed by atoms with Crippen LogP contribution in [-0.2, 0) is 9.84 Å². The van der Waals surface area contributed by atoms with E-state index < -0.39 is 9.84 Å². The second kappa shape index (κ2) is 6.00. The van der Waals surface area contributed by atoms with Crippen molar-refractivity contribution in [1.29, 1.82) is 0 Å². The number of anilines is 1. The van der Waals surface area contributed by atoms with E-state index in [9.17, 15) is 8.42 Å². The molecule has 1 heterocycles. The van der Waals surface area contributed by atoms with Crippen LogP contribution in [0.15, 0.2) is 41.3 Å². The molecular weight excluding hydrogens is 274 g/mol. The molecule has 6 heteroatoms. The lowest BCUT2D eigenvalue weighted by Gasteiger charge is -2.08. The number of aryl methyl sites for hydroxylation is 2. The normalized spacial score (nSPS) is 11.3. The summed E-state index contributed by atoms with van der Waals surface area (Å²) in [7, 11) is -3.26. The van der Waals surface area contributed by atoms with Gasteiger partial charge < -0.3 is 5.32 Å². The molecule has 0 atom stereocenters. The van der Waals surface area contributed by atoms with Crippen molar-refractivity contribution in [2.75, 3.05) is 17.6 Å². The fourth-order valence-corrected chi connectivity index (χ4v) is 3.04. The maximum atomic E-state index is 12.1. The molecule has 2 rings (SSSR count). The van der Waals surface area contributed by atoms with Crippen LogP contribution in [0.25, 0.3) is 0 Å². The fraction of sp³-hybridized carbons (Fsp3) is 0.286. The molecule has 1 N–H and O–H groups in total. The Morgan fingerprint density at radius 3 is 2.45 bits per heavy atom. The molecular formula is C14H17N3O2S. The highest BCUT2D eigenvalue weighted by Gasteiger charge is 2.13. The number of aromatic nitrogens is 2. The highest BCUT2D eigenvalue weighted by atomic mass is 32.2. The summed E-state index contributed by atoms with van der Waals surface area (Å²) in [5.41, 5.74) is 0.853. The molecule has 0 aliphatic carbocycles. The fourth-order valence-electron chi connectivity index (χ4n) is 1.87. The first-order valence-corrected chi connectivity index (χ1v) is 7.96. The van der Waals surface area contributed by atoms with Gasteiger partial charge in [-0.2, -0.15) is 0 Å². The zero-order valence-corrected chi connectivity index (χ0v) is 12.3. The van der Waals surface area contributed by atoms with Crippen LogP contribution in [-0.4, -0.2) is 30.7 Å². The van der Waals surface area contributed by atoms with Crippen LogP contribution in [0.3, 0.4) is 0 Å². The summed E-state index contributed by atoms with van der Waals surface area (Å²) in [5, 5.41) is 3.02. The Hall–Kier alpha value is -1.95. The molecule has 0 saturated carbocycles. The smallest absolute Gasteiger partial charge is 0.180 e. The van der Waals surface area contributed by atoms with Gasteiger partial charge in [-0.15, -0.1) is 0 Å². The molecule has 0 amide bonds. The molecule has 2 aromatic rings. The van der Waals surface area contributed by atoms with Crippen LogP contribution in [0.1, 0.15) is 11.5 Å². The van der Waals surface area contributed by atoms with Crippen molar-refractivity contribution in [2.24, 2.45) is 0 Å². The van der Waals surface area contributed by atoms with Gasteiger partial charge in [-0.05, 0) is 26.0 Å². The van der Waals surface area contributed by atoms with Gasteiger partial charge >= 0.3 is 0 Å². The Balaban J connectivity index is 1.99. The van der Waals surface area contributed by atoms with E-state index in [2.05, 4.69) is 15.3 Å². The lowest BCUT2D eigenvalue weighted by atomic mass is 10.4. The molecule has 20 heavy (non-hydrogen) atoms. The van der Waals surface area contributed by atoms with Crippen LogP contribution in [0, 0.1) is 13.8 Å². The van der Waals surface area contributed by atoms with E-state index >= 15 is 0 Å². The zero-order valence-electron chi connectivity index (χ0n) is 11.5. The van der Waals surface area contributed by atoms with Gasteiger partial charge in [0.2, 0.25) is 0 Å². The van der Waals surface area contributed by atoms with Gasteiger partial charge in [0, 0.05) is 18.3 Å². The molecule has 1 aromatic heterocycles. The Morgan fingerprint density at radius 2 is 1.80 bits per heavy atom. The molecule has 0 fully saturated rings. The Labute approximate surface area is 119 Å². The van der Waals surface area contributed by atoms with Gasteiger partial charge in [-0.1, -0.05) is 18.2 Å². The van der Waals surface area contributed by atoms with E-state index in [1.54, 1.807) is 43.3 Å². The summed E-state index contributed by atoms with van der Waals surface area (Å²) in [4.78, 5) is 8.72. The molecule has 1 aromatic carbocycles. The summed E-state index contributed by atoms with van der Waals surface area (Å²) in [6, 6.07) is 10.2. The maximum Gasteiger partial charge on any atom is 0.180 e. The standard InChI is InChI=1S/C14H17N3O2S/c1-11-10-14(17-12(2)16-11)15-8-9-20(18,19)13-6-4-3-5-7-13/h3-7,10H,8-9H2,1-2H3,(H,15,16,17). The van der Waals surface area contributed by atoms with Crippen LogP contribution in [0.2, 0.25) is 0 Å². The molecule has 5 nitrogen and oxygen atoms in total. The number of nitrogens with one attached hydrogen (secondary N) is 1. The first-order valence-electron chi connectivity index (χ1n) is 6.31. The van der Waals surface area contributed by atoms with Gasteiger partial charge in [-0.3, -0.25) is 0 Å². The van der Waals surface area contributed by atoms with E-state index in [0.29, 0.717) is 23.1 Å². The van der Waals surface area contributed by atoms with Crippen molar-refractivity contribution in [3.05, 3.63) is 47.9 Å². The number of sulfone groups is 1. The van der Waals surface area contributed by atoms with Crippen LogP contribution < -0.4 is 5.32 Å². The number of nitrogens with zero attached hydrogens (tertiary/aromatic N) is 2. The predicted molar refractivity (Wildman–Crippen MR) is 78.5 cm³/mol. The molecule has 0 saturated heterocycles. The Bertz CT molecular complexity index is 665. The monoisotopic (exact) mass is 291 g/mol. The summed E-state index contributed by atoms with van der Waals surface area (Å²) >= 11 is 0. The van der Waals surface area contributed by atoms with E-state index in [4.69, 9.17) is 0 Å². The number of hydrogen-bond acceptors (Lipinski definition) is 5. The molecule has 106 valence electrons. The van der Waals surface area contributed by atoms with Crippen molar-refractivity contribution in [3.8, 4) is 0 Å². The van der Waals surface area contributed by atoms with Gasteiger partial charge in [0.05, 0.1) is 10.6 Å². The third-order valence-electron chi connectivity index (χ3n) is 2.75. The minimum Gasteiger partial charge on any atom is -0.369 e. The van der Waals surface area contributed by atoms with Crippen molar-refractivity contribution < 1.29 is 8.42 Å². The Kier molecular flexibility index (Phi) is 4.34. The number of benzene rings is 1. The summed E-state index contributed by atoms with van der Waals surface area (Å²) < 4.78 is 24.2.